The number of imide groups is 2. The molecule has 1 aromatic rings. The lowest BCUT2D eigenvalue weighted by Crippen LogP contribution is -2.54. The molecule has 6 nitrogen and oxygen atoms in total. The minimum Gasteiger partial charge on any atom is -0.295 e. The number of carbonyl (C=O) groups is 4. The van der Waals surface area contributed by atoms with Gasteiger partial charge in [-0.3, -0.25) is 29.4 Å². The number of piperidine rings is 1. The molecule has 114 valence electrons. The Hall–Kier alpha value is -1.91. The first kappa shape index (κ1) is 15.0. The van der Waals surface area contributed by atoms with Crippen LogP contribution in [-0.4, -0.2) is 34.6 Å². The van der Waals surface area contributed by atoms with Gasteiger partial charge in [0.15, 0.2) is 11.6 Å². The molecule has 0 saturated carbocycles. The summed E-state index contributed by atoms with van der Waals surface area (Å²) in [5.74, 6) is -5.90. The molecule has 2 heterocycles. The summed E-state index contributed by atoms with van der Waals surface area (Å²) in [6, 6.07) is -0.392. The Bertz CT molecular complexity index is 765. The topological polar surface area (TPSA) is 83.6 Å². The maximum Gasteiger partial charge on any atom is 0.265 e. The summed E-state index contributed by atoms with van der Waals surface area (Å²) >= 11 is 1.62. The first-order valence-electron chi connectivity index (χ1n) is 6.22. The number of nitrogens with zero attached hydrogens (tertiary/aromatic N) is 1. The molecule has 0 bridgehead atoms. The predicted molar refractivity (Wildman–Crippen MR) is 75.7 cm³/mol. The summed E-state index contributed by atoms with van der Waals surface area (Å²) in [6.45, 7) is 0. The molecule has 1 N–H and O–H groups in total. The number of rotatable bonds is 1. The van der Waals surface area contributed by atoms with Crippen molar-refractivity contribution in [3.63, 3.8) is 0 Å². The lowest BCUT2D eigenvalue weighted by molar-refractivity contribution is -0.136. The van der Waals surface area contributed by atoms with E-state index in [1.807, 2.05) is 5.32 Å². The Kier molecular flexibility index (Phi) is 3.46. The van der Waals surface area contributed by atoms with Crippen molar-refractivity contribution in [3.8, 4) is 0 Å². The van der Waals surface area contributed by atoms with Crippen LogP contribution in [0.5, 0.6) is 0 Å². The maximum absolute atomic E-state index is 13.9. The highest BCUT2D eigenvalue weighted by molar-refractivity contribution is 14.1. The van der Waals surface area contributed by atoms with Crippen molar-refractivity contribution in [1.82, 2.24) is 10.2 Å². The zero-order valence-electron chi connectivity index (χ0n) is 10.8. The van der Waals surface area contributed by atoms with Crippen molar-refractivity contribution in [1.29, 1.82) is 0 Å². The van der Waals surface area contributed by atoms with Gasteiger partial charge in [0.1, 0.15) is 6.04 Å². The zero-order chi connectivity index (χ0) is 16.2. The van der Waals surface area contributed by atoms with E-state index in [1.165, 1.54) is 0 Å². The van der Waals surface area contributed by atoms with Gasteiger partial charge in [-0.1, -0.05) is 0 Å². The SMILES string of the molecule is O=C1CC[C@H](N2C(=O)c3c(I)cc(F)c(F)c3C2=O)C(=O)N1. The molecule has 22 heavy (non-hydrogen) atoms. The van der Waals surface area contributed by atoms with Gasteiger partial charge < -0.3 is 0 Å². The van der Waals surface area contributed by atoms with E-state index in [0.717, 1.165) is 6.07 Å². The molecule has 2 aliphatic rings. The van der Waals surface area contributed by atoms with E-state index in [0.29, 0.717) is 4.90 Å². The largest absolute Gasteiger partial charge is 0.295 e. The second kappa shape index (κ2) is 5.07. The van der Waals surface area contributed by atoms with Crippen LogP contribution in [-0.2, 0) is 9.59 Å². The molecule has 1 fully saturated rings. The summed E-state index contributed by atoms with van der Waals surface area (Å²) < 4.78 is 27.4. The van der Waals surface area contributed by atoms with E-state index in [9.17, 15) is 28.0 Å². The van der Waals surface area contributed by atoms with Crippen LogP contribution in [0.4, 0.5) is 8.78 Å². The zero-order valence-corrected chi connectivity index (χ0v) is 12.9. The van der Waals surface area contributed by atoms with Crippen LogP contribution in [0.1, 0.15) is 33.6 Å². The third-order valence-electron chi connectivity index (χ3n) is 3.56. The minimum atomic E-state index is -1.41. The lowest BCUT2D eigenvalue weighted by Gasteiger charge is -2.27. The molecule has 3 rings (SSSR count). The Balaban J connectivity index is 2.08. The Morgan fingerprint density at radius 2 is 1.77 bits per heavy atom. The number of hydrogen-bond acceptors (Lipinski definition) is 4. The third-order valence-corrected chi connectivity index (χ3v) is 4.41. The van der Waals surface area contributed by atoms with Crippen LogP contribution in [0.2, 0.25) is 0 Å². The first-order chi connectivity index (χ1) is 10.3. The second-order valence-corrected chi connectivity index (χ2v) is 6.01. The van der Waals surface area contributed by atoms with Crippen molar-refractivity contribution in [3.05, 3.63) is 32.4 Å². The molecule has 0 spiro atoms. The van der Waals surface area contributed by atoms with Crippen LogP contribution in [0.3, 0.4) is 0 Å². The van der Waals surface area contributed by atoms with Gasteiger partial charge in [-0.2, -0.15) is 0 Å². The molecule has 2 aliphatic heterocycles. The highest BCUT2D eigenvalue weighted by Gasteiger charge is 2.47. The van der Waals surface area contributed by atoms with Gasteiger partial charge in [0, 0.05) is 9.99 Å². The minimum absolute atomic E-state index is 0.0439. The highest BCUT2D eigenvalue weighted by Crippen LogP contribution is 2.33. The van der Waals surface area contributed by atoms with E-state index in [4.69, 9.17) is 0 Å². The second-order valence-electron chi connectivity index (χ2n) is 4.85. The van der Waals surface area contributed by atoms with Gasteiger partial charge in [-0.05, 0) is 35.1 Å². The number of fused-ring (bicyclic) bond motifs is 1. The predicted octanol–water partition coefficient (Wildman–Crippen LogP) is 0.971. The molecule has 0 radical (unpaired) electrons. The summed E-state index contributed by atoms with van der Waals surface area (Å²) in [6.07, 6.45) is -0.0887. The van der Waals surface area contributed by atoms with Crippen LogP contribution in [0.25, 0.3) is 0 Å². The number of amides is 4. The maximum atomic E-state index is 13.9. The van der Waals surface area contributed by atoms with Gasteiger partial charge in [0.05, 0.1) is 11.1 Å². The third kappa shape index (κ3) is 2.02. The summed E-state index contributed by atoms with van der Waals surface area (Å²) in [7, 11) is 0. The number of hydrogen-bond donors (Lipinski definition) is 1. The Morgan fingerprint density at radius 3 is 2.41 bits per heavy atom. The fourth-order valence-corrected chi connectivity index (χ4v) is 3.32. The molecular formula is C13H7F2IN2O4. The molecular weight excluding hydrogens is 413 g/mol. The smallest absolute Gasteiger partial charge is 0.265 e. The van der Waals surface area contributed by atoms with E-state index in [1.54, 1.807) is 22.6 Å². The summed E-state index contributed by atoms with van der Waals surface area (Å²) in [5.41, 5.74) is -0.923. The Labute approximate surface area is 136 Å². The number of carbonyl (C=O) groups excluding carboxylic acids is 4. The van der Waals surface area contributed by atoms with Crippen molar-refractivity contribution < 1.29 is 28.0 Å². The molecule has 9 heteroatoms. The van der Waals surface area contributed by atoms with Crippen molar-refractivity contribution in [2.45, 2.75) is 18.9 Å². The van der Waals surface area contributed by atoms with Crippen LogP contribution in [0, 0.1) is 15.2 Å². The lowest BCUT2D eigenvalue weighted by atomic mass is 10.0. The Morgan fingerprint density at radius 1 is 1.14 bits per heavy atom. The standard InChI is InChI=1S/C13H7F2IN2O4/c14-4-3-5(16)8-9(10(4)15)13(22)18(12(8)21)6-1-2-7(19)17-11(6)20/h3,6H,1-2H2,(H,17,19,20)/t6-/m0/s1. The van der Waals surface area contributed by atoms with Crippen LogP contribution in [0.15, 0.2) is 6.07 Å². The molecule has 0 aliphatic carbocycles. The average Bonchev–Trinajstić information content (AvgIpc) is 2.69. The normalized spacial score (nSPS) is 21.2. The number of benzene rings is 1. The summed E-state index contributed by atoms with van der Waals surface area (Å²) in [5, 5.41) is 2.02. The van der Waals surface area contributed by atoms with Gasteiger partial charge in [0.25, 0.3) is 11.8 Å². The molecule has 0 aromatic heterocycles. The van der Waals surface area contributed by atoms with Crippen molar-refractivity contribution in [2.75, 3.05) is 0 Å². The fraction of sp³-hybridized carbons (Fsp3) is 0.231. The van der Waals surface area contributed by atoms with E-state index in [-0.39, 0.29) is 22.0 Å². The number of nitrogens with one attached hydrogen (secondary N) is 1. The molecule has 4 amide bonds. The molecule has 0 unspecified atom stereocenters. The molecule has 1 atom stereocenters. The first-order valence-corrected chi connectivity index (χ1v) is 7.30. The van der Waals surface area contributed by atoms with Gasteiger partial charge >= 0.3 is 0 Å². The fourth-order valence-electron chi connectivity index (χ4n) is 2.55. The molecule has 1 aromatic carbocycles. The van der Waals surface area contributed by atoms with E-state index in [2.05, 4.69) is 0 Å². The van der Waals surface area contributed by atoms with E-state index >= 15 is 0 Å². The van der Waals surface area contributed by atoms with Gasteiger partial charge in [-0.25, -0.2) is 8.78 Å². The van der Waals surface area contributed by atoms with Crippen molar-refractivity contribution >= 4 is 46.2 Å². The quantitative estimate of drug-likeness (QED) is 0.417. The monoisotopic (exact) mass is 420 g/mol. The number of halogens is 3. The van der Waals surface area contributed by atoms with E-state index < -0.39 is 46.9 Å². The van der Waals surface area contributed by atoms with Gasteiger partial charge in [-0.15, -0.1) is 0 Å². The van der Waals surface area contributed by atoms with Crippen LogP contribution < -0.4 is 5.32 Å². The molecule has 1 saturated heterocycles. The van der Waals surface area contributed by atoms with Gasteiger partial charge in [0.2, 0.25) is 11.8 Å². The average molecular weight is 420 g/mol. The van der Waals surface area contributed by atoms with Crippen molar-refractivity contribution in [2.24, 2.45) is 0 Å². The highest BCUT2D eigenvalue weighted by atomic mass is 127. The summed E-state index contributed by atoms with van der Waals surface area (Å²) in [4.78, 5) is 48.2. The van der Waals surface area contributed by atoms with Crippen LogP contribution >= 0.6 is 22.6 Å².